The Hall–Kier alpha value is -4.12. The zero-order chi connectivity index (χ0) is 29.7. The molecule has 8 nitrogen and oxygen atoms in total. The fourth-order valence-corrected chi connectivity index (χ4v) is 5.54. The number of carbonyl (C=O) groups excluding carboxylic acids is 2. The molecule has 4 N–H and O–H groups in total. The van der Waals surface area contributed by atoms with E-state index in [9.17, 15) is 22.8 Å². The number of pyridine rings is 1. The number of nitrogens with two attached hydrogens (primary N) is 1. The number of amides is 3. The van der Waals surface area contributed by atoms with Gasteiger partial charge in [-0.05, 0) is 74.2 Å². The van der Waals surface area contributed by atoms with Crippen molar-refractivity contribution in [1.29, 1.82) is 0 Å². The molecule has 222 valence electrons. The number of nitrogens with zero attached hydrogens (tertiary/aromatic N) is 3. The van der Waals surface area contributed by atoms with Crippen molar-refractivity contribution in [3.63, 3.8) is 0 Å². The van der Waals surface area contributed by atoms with Crippen LogP contribution >= 0.6 is 0 Å². The number of carbonyl (C=O) groups is 2. The lowest BCUT2D eigenvalue weighted by Crippen LogP contribution is -2.56. The van der Waals surface area contributed by atoms with Crippen molar-refractivity contribution in [1.82, 2.24) is 10.3 Å². The number of fused-ring (bicyclic) bond motifs is 4. The minimum absolute atomic E-state index is 0.0316. The minimum Gasteiger partial charge on any atom is -0.366 e. The molecule has 3 amide bonds. The molecule has 0 aliphatic carbocycles. The number of piperidine rings is 1. The smallest absolute Gasteiger partial charge is 0.366 e. The summed E-state index contributed by atoms with van der Waals surface area (Å²) < 4.78 is 40.1. The third-order valence-electron chi connectivity index (χ3n) is 7.67. The van der Waals surface area contributed by atoms with Gasteiger partial charge in [0.15, 0.2) is 5.82 Å². The summed E-state index contributed by atoms with van der Waals surface area (Å²) in [7, 11) is 0. The van der Waals surface area contributed by atoms with Crippen molar-refractivity contribution in [2.45, 2.75) is 57.3 Å². The molecule has 3 aromatic rings. The molecule has 2 aliphatic heterocycles. The van der Waals surface area contributed by atoms with Crippen molar-refractivity contribution >= 4 is 29.1 Å². The third kappa shape index (κ3) is 6.84. The van der Waals surface area contributed by atoms with Crippen molar-refractivity contribution in [3.8, 4) is 11.3 Å². The normalized spacial score (nSPS) is 16.1. The summed E-state index contributed by atoms with van der Waals surface area (Å²) in [6.45, 7) is 2.44. The first-order valence-electron chi connectivity index (χ1n) is 14.3. The molecule has 5 rings (SSSR count). The molecule has 0 radical (unpaired) electrons. The number of alkyl halides is 3. The number of hydrogen-bond donors (Lipinski definition) is 3. The Kier molecular flexibility index (Phi) is 8.96. The molecule has 1 saturated heterocycles. The van der Waals surface area contributed by atoms with Crippen LogP contribution in [0.25, 0.3) is 11.3 Å². The number of hydrogen-bond acceptors (Lipinski definition) is 5. The largest absolute Gasteiger partial charge is 0.416 e. The van der Waals surface area contributed by atoms with Gasteiger partial charge >= 0.3 is 12.2 Å². The Labute approximate surface area is 243 Å². The number of aromatic nitrogens is 1. The van der Waals surface area contributed by atoms with E-state index in [0.717, 1.165) is 62.0 Å². The molecule has 2 bridgehead atoms. The van der Waals surface area contributed by atoms with Gasteiger partial charge in [0.2, 0.25) is 5.91 Å². The van der Waals surface area contributed by atoms with Gasteiger partial charge < -0.3 is 21.3 Å². The van der Waals surface area contributed by atoms with Crippen LogP contribution in [0.1, 0.15) is 49.7 Å². The summed E-state index contributed by atoms with van der Waals surface area (Å²) in [6, 6.07) is 15.4. The van der Waals surface area contributed by atoms with Gasteiger partial charge in [0.1, 0.15) is 0 Å². The van der Waals surface area contributed by atoms with Crippen LogP contribution in [-0.2, 0) is 17.5 Å². The predicted molar refractivity (Wildman–Crippen MR) is 157 cm³/mol. The maximum atomic E-state index is 13.7. The monoisotopic (exact) mass is 580 g/mol. The lowest BCUT2D eigenvalue weighted by atomic mass is 9.99. The first-order valence-corrected chi connectivity index (χ1v) is 14.3. The lowest BCUT2D eigenvalue weighted by Gasteiger charge is -2.45. The maximum absolute atomic E-state index is 13.7. The van der Waals surface area contributed by atoms with Crippen molar-refractivity contribution in [3.05, 3.63) is 71.8 Å². The molecule has 0 unspecified atom stereocenters. The molecule has 11 heteroatoms. The molecule has 42 heavy (non-hydrogen) atoms. The number of nitrogens with one attached hydrogen (secondary N) is 2. The molecular formula is C31H35F3N6O2. The molecule has 2 aromatic carbocycles. The van der Waals surface area contributed by atoms with Gasteiger partial charge in [-0.1, -0.05) is 30.7 Å². The van der Waals surface area contributed by atoms with Gasteiger partial charge in [-0.2, -0.15) is 13.2 Å². The summed E-state index contributed by atoms with van der Waals surface area (Å²) in [6.07, 6.45) is 0.274. The van der Waals surface area contributed by atoms with E-state index in [1.54, 1.807) is 23.1 Å². The van der Waals surface area contributed by atoms with E-state index in [1.165, 1.54) is 6.07 Å². The van der Waals surface area contributed by atoms with Crippen LogP contribution in [0.4, 0.5) is 35.2 Å². The zero-order valence-electron chi connectivity index (χ0n) is 23.3. The molecule has 1 fully saturated rings. The zero-order valence-corrected chi connectivity index (χ0v) is 23.3. The second kappa shape index (κ2) is 12.8. The fraction of sp³-hybridized carbons (Fsp3) is 0.387. The van der Waals surface area contributed by atoms with E-state index in [-0.39, 0.29) is 18.0 Å². The van der Waals surface area contributed by atoms with E-state index in [0.29, 0.717) is 48.8 Å². The van der Waals surface area contributed by atoms with E-state index >= 15 is 0 Å². The lowest BCUT2D eigenvalue weighted by molar-refractivity contribution is -0.137. The summed E-state index contributed by atoms with van der Waals surface area (Å²) in [4.78, 5) is 34.5. The molecular weight excluding hydrogens is 545 g/mol. The third-order valence-corrected chi connectivity index (χ3v) is 7.67. The van der Waals surface area contributed by atoms with Crippen molar-refractivity contribution < 1.29 is 22.8 Å². The quantitative estimate of drug-likeness (QED) is 0.273. The van der Waals surface area contributed by atoms with Crippen LogP contribution in [0.2, 0.25) is 0 Å². The summed E-state index contributed by atoms with van der Waals surface area (Å²) in [5.41, 5.74) is 7.63. The van der Waals surface area contributed by atoms with Crippen molar-refractivity contribution in [2.24, 2.45) is 5.73 Å². The van der Waals surface area contributed by atoms with E-state index in [4.69, 9.17) is 10.7 Å². The summed E-state index contributed by atoms with van der Waals surface area (Å²) >= 11 is 0. The number of halogens is 3. The fourth-order valence-electron chi connectivity index (χ4n) is 5.54. The van der Waals surface area contributed by atoms with Gasteiger partial charge in [0, 0.05) is 37.3 Å². The highest BCUT2D eigenvalue weighted by atomic mass is 19.4. The van der Waals surface area contributed by atoms with Crippen LogP contribution in [0.15, 0.2) is 60.7 Å². The number of anilines is 3. The minimum atomic E-state index is -4.47. The van der Waals surface area contributed by atoms with Gasteiger partial charge in [-0.25, -0.2) is 9.78 Å². The molecule has 0 saturated carbocycles. The molecule has 2 aliphatic rings. The summed E-state index contributed by atoms with van der Waals surface area (Å²) in [5, 5.41) is 5.89. The Balaban J connectivity index is 1.34. The first kappa shape index (κ1) is 29.4. The Morgan fingerprint density at radius 3 is 2.67 bits per heavy atom. The molecule has 1 atom stereocenters. The number of unbranched alkanes of at least 4 members (excludes halogenated alkanes) is 2. The van der Waals surface area contributed by atoms with Crippen LogP contribution in [0.5, 0.6) is 0 Å². The topological polar surface area (TPSA) is 104 Å². The SMILES string of the molecule is NCCCCCC(=O)NCc1cccc(NC(=O)N2c3nc(-c4cccc(C(F)(F)F)c4)ccc3N3CCC[C@@H]2C3)c1. The number of urea groups is 1. The summed E-state index contributed by atoms with van der Waals surface area (Å²) in [5.74, 6) is 0.396. The average molecular weight is 581 g/mol. The van der Waals surface area contributed by atoms with Gasteiger partial charge in [-0.3, -0.25) is 9.69 Å². The Morgan fingerprint density at radius 2 is 1.86 bits per heavy atom. The van der Waals surface area contributed by atoms with Crippen LogP contribution in [0.3, 0.4) is 0 Å². The van der Waals surface area contributed by atoms with Crippen LogP contribution in [-0.4, -0.2) is 42.6 Å². The van der Waals surface area contributed by atoms with Crippen molar-refractivity contribution in [2.75, 3.05) is 34.8 Å². The van der Waals surface area contributed by atoms with Crippen LogP contribution < -0.4 is 26.2 Å². The first-order chi connectivity index (χ1) is 20.2. The Bertz CT molecular complexity index is 1430. The highest BCUT2D eigenvalue weighted by Gasteiger charge is 2.38. The van der Waals surface area contributed by atoms with E-state index in [2.05, 4.69) is 15.5 Å². The second-order valence-electron chi connectivity index (χ2n) is 10.7. The standard InChI is InChI=1S/C31H35F3N6O2/c32-31(33,34)23-9-5-8-22(18-23)26-13-14-27-29(38-26)40(25-11-6-16-39(27)20-25)30(42)37-24-10-4-7-21(17-24)19-36-28(41)12-2-1-3-15-35/h4-5,7-10,13-14,17-18,25H,1-3,6,11-12,15-16,19-20,35H2,(H,36,41)(H,37,42)/t25-/m1/s1. The molecule has 3 heterocycles. The highest BCUT2D eigenvalue weighted by molar-refractivity contribution is 6.04. The highest BCUT2D eigenvalue weighted by Crippen LogP contribution is 2.40. The van der Waals surface area contributed by atoms with E-state index < -0.39 is 11.7 Å². The number of benzene rings is 2. The van der Waals surface area contributed by atoms with Gasteiger partial charge in [0.05, 0.1) is 23.0 Å². The predicted octanol–water partition coefficient (Wildman–Crippen LogP) is 5.92. The second-order valence-corrected chi connectivity index (χ2v) is 10.7. The van der Waals surface area contributed by atoms with Gasteiger partial charge in [-0.15, -0.1) is 0 Å². The number of rotatable bonds is 9. The maximum Gasteiger partial charge on any atom is 0.416 e. The molecule has 0 spiro atoms. The van der Waals surface area contributed by atoms with Crippen LogP contribution in [0, 0.1) is 0 Å². The van der Waals surface area contributed by atoms with Gasteiger partial charge in [0.25, 0.3) is 0 Å². The molecule has 1 aromatic heterocycles. The Morgan fingerprint density at radius 1 is 1.02 bits per heavy atom. The average Bonchev–Trinajstić information content (AvgIpc) is 2.98. The van der Waals surface area contributed by atoms with E-state index in [1.807, 2.05) is 24.3 Å².